The summed E-state index contributed by atoms with van der Waals surface area (Å²) in [5.74, 6) is 1.49. The van der Waals surface area contributed by atoms with Crippen LogP contribution in [0.1, 0.15) is 24.4 Å². The third kappa shape index (κ3) is 3.86. The summed E-state index contributed by atoms with van der Waals surface area (Å²) in [5, 5.41) is 20.1. The fraction of sp³-hybridized carbons (Fsp3) is 0.176. The van der Waals surface area contributed by atoms with Crippen LogP contribution in [0.4, 0.5) is 5.69 Å². The third-order valence-electron chi connectivity index (χ3n) is 3.63. The zero-order valence-corrected chi connectivity index (χ0v) is 14.5. The summed E-state index contributed by atoms with van der Waals surface area (Å²) in [5.41, 5.74) is 6.06. The normalized spacial score (nSPS) is 12.1. The van der Waals surface area contributed by atoms with Crippen LogP contribution in [0.25, 0.3) is 5.69 Å². The van der Waals surface area contributed by atoms with Gasteiger partial charge in [0.05, 0.1) is 10.6 Å². The van der Waals surface area contributed by atoms with E-state index in [1.807, 2.05) is 29.7 Å². The number of nitro benzene ring substituents is 1. The summed E-state index contributed by atoms with van der Waals surface area (Å²) in [6.07, 6.45) is 0. The minimum absolute atomic E-state index is 0.0551. The van der Waals surface area contributed by atoms with Gasteiger partial charge in [0.15, 0.2) is 11.0 Å². The summed E-state index contributed by atoms with van der Waals surface area (Å²) < 4.78 is 1.91. The number of nitrogens with zero attached hydrogens (tertiary/aromatic N) is 4. The van der Waals surface area contributed by atoms with Gasteiger partial charge in [0.2, 0.25) is 0 Å². The van der Waals surface area contributed by atoms with Crippen LogP contribution in [0, 0.1) is 10.1 Å². The van der Waals surface area contributed by atoms with E-state index < -0.39 is 4.92 Å². The predicted octanol–water partition coefficient (Wildman–Crippen LogP) is 2.77. The highest BCUT2D eigenvalue weighted by Gasteiger charge is 2.19. The van der Waals surface area contributed by atoms with Gasteiger partial charge in [-0.25, -0.2) is 0 Å². The fourth-order valence-electron chi connectivity index (χ4n) is 2.38. The van der Waals surface area contributed by atoms with E-state index in [-0.39, 0.29) is 11.7 Å². The van der Waals surface area contributed by atoms with E-state index in [4.69, 9.17) is 0 Å². The Morgan fingerprint density at radius 2 is 1.84 bits per heavy atom. The van der Waals surface area contributed by atoms with E-state index in [9.17, 15) is 10.1 Å². The molecule has 0 fully saturated rings. The molecule has 2 aromatic carbocycles. The van der Waals surface area contributed by atoms with Crippen molar-refractivity contribution in [1.82, 2.24) is 14.8 Å². The number of rotatable bonds is 6. The zero-order valence-electron chi connectivity index (χ0n) is 13.7. The lowest BCUT2D eigenvalue weighted by molar-refractivity contribution is -0.422. The highest BCUT2D eigenvalue weighted by atomic mass is 32.2. The van der Waals surface area contributed by atoms with Crippen LogP contribution >= 0.6 is 11.8 Å². The van der Waals surface area contributed by atoms with E-state index in [1.165, 1.54) is 17.7 Å². The average molecular weight is 356 g/mol. The molecule has 0 unspecified atom stereocenters. The van der Waals surface area contributed by atoms with E-state index >= 15 is 0 Å². The third-order valence-corrected chi connectivity index (χ3v) is 4.63. The average Bonchev–Trinajstić information content (AvgIpc) is 3.05. The van der Waals surface area contributed by atoms with E-state index in [0.29, 0.717) is 0 Å². The molecule has 0 amide bonds. The Balaban J connectivity index is 1.93. The van der Waals surface area contributed by atoms with E-state index in [2.05, 4.69) is 28.1 Å². The fourth-order valence-corrected chi connectivity index (χ4v) is 3.30. The van der Waals surface area contributed by atoms with Gasteiger partial charge in [0.1, 0.15) is 6.04 Å². The molecular weight excluding hydrogens is 338 g/mol. The number of thioether (sulfide) groups is 1. The van der Waals surface area contributed by atoms with Gasteiger partial charge in [0.25, 0.3) is 5.69 Å². The molecule has 25 heavy (non-hydrogen) atoms. The van der Waals surface area contributed by atoms with Crippen molar-refractivity contribution in [3.05, 3.63) is 76.1 Å². The highest BCUT2D eigenvalue weighted by Crippen LogP contribution is 2.27. The van der Waals surface area contributed by atoms with Crippen molar-refractivity contribution in [3.8, 4) is 5.69 Å². The highest BCUT2D eigenvalue weighted by molar-refractivity contribution is 7.98. The zero-order chi connectivity index (χ0) is 17.8. The lowest BCUT2D eigenvalue weighted by Crippen LogP contribution is -2.52. The number of nitro groups is 1. The number of hydrogen-bond donors (Lipinski definition) is 1. The van der Waals surface area contributed by atoms with Crippen molar-refractivity contribution in [3.63, 3.8) is 0 Å². The van der Waals surface area contributed by atoms with Crippen LogP contribution in [0.3, 0.4) is 0 Å². The predicted molar refractivity (Wildman–Crippen MR) is 95.3 cm³/mol. The Bertz CT molecular complexity index is 863. The number of aromatic nitrogens is 3. The lowest BCUT2D eigenvalue weighted by Gasteiger charge is -2.10. The molecule has 0 saturated carbocycles. The minimum Gasteiger partial charge on any atom is -0.349 e. The van der Waals surface area contributed by atoms with Crippen molar-refractivity contribution in [2.24, 2.45) is 0 Å². The smallest absolute Gasteiger partial charge is 0.269 e. The van der Waals surface area contributed by atoms with Crippen LogP contribution in [0.5, 0.6) is 0 Å². The van der Waals surface area contributed by atoms with Crippen LogP contribution in [-0.4, -0.2) is 19.7 Å². The molecule has 0 radical (unpaired) electrons. The molecule has 0 spiro atoms. The number of benzene rings is 2. The Morgan fingerprint density at radius 3 is 2.44 bits per heavy atom. The van der Waals surface area contributed by atoms with Crippen molar-refractivity contribution >= 4 is 17.4 Å². The van der Waals surface area contributed by atoms with Gasteiger partial charge in [-0.15, -0.1) is 10.2 Å². The first-order valence-electron chi connectivity index (χ1n) is 7.76. The molecule has 3 rings (SSSR count). The Hall–Kier alpha value is -2.71. The van der Waals surface area contributed by atoms with Crippen molar-refractivity contribution in [2.75, 3.05) is 0 Å². The summed E-state index contributed by atoms with van der Waals surface area (Å²) in [7, 11) is 0. The standard InChI is InChI=1S/C17H17N5O2S/c1-12(18)16-19-20-17(25-11-13-5-3-2-4-6-13)21(16)14-7-9-15(10-8-14)22(23)24/h2-10,12H,11,18H2,1H3/p+1/t12-/m0/s1. The molecule has 0 aliphatic rings. The second-order valence-corrected chi connectivity index (χ2v) is 6.57. The lowest BCUT2D eigenvalue weighted by atomic mass is 10.2. The van der Waals surface area contributed by atoms with Gasteiger partial charge in [-0.05, 0) is 24.6 Å². The molecule has 0 saturated heterocycles. The molecule has 1 aromatic heterocycles. The first-order chi connectivity index (χ1) is 12.1. The Morgan fingerprint density at radius 1 is 1.16 bits per heavy atom. The maximum atomic E-state index is 10.9. The summed E-state index contributed by atoms with van der Waals surface area (Å²) >= 11 is 1.57. The molecule has 0 aliphatic carbocycles. The quantitative estimate of drug-likeness (QED) is 0.416. The number of non-ortho nitro benzene ring substituents is 1. The second kappa shape index (κ2) is 7.45. The molecule has 7 nitrogen and oxygen atoms in total. The molecule has 0 aliphatic heterocycles. The minimum atomic E-state index is -0.411. The molecular formula is C17H18N5O2S+. The van der Waals surface area contributed by atoms with Gasteiger partial charge >= 0.3 is 0 Å². The van der Waals surface area contributed by atoms with Gasteiger partial charge in [-0.1, -0.05) is 42.1 Å². The monoisotopic (exact) mass is 356 g/mol. The topological polar surface area (TPSA) is 101 Å². The van der Waals surface area contributed by atoms with Crippen LogP contribution in [0.2, 0.25) is 0 Å². The maximum absolute atomic E-state index is 10.9. The number of quaternary nitrogens is 1. The van der Waals surface area contributed by atoms with E-state index in [0.717, 1.165) is 22.4 Å². The van der Waals surface area contributed by atoms with Gasteiger partial charge < -0.3 is 5.73 Å². The molecule has 3 aromatic rings. The number of hydrogen-bond acceptors (Lipinski definition) is 5. The van der Waals surface area contributed by atoms with Crippen LogP contribution < -0.4 is 5.73 Å². The summed E-state index contributed by atoms with van der Waals surface area (Å²) in [4.78, 5) is 10.4. The Labute approximate surface area is 149 Å². The van der Waals surface area contributed by atoms with Crippen LogP contribution in [-0.2, 0) is 5.75 Å². The molecule has 128 valence electrons. The molecule has 1 heterocycles. The SMILES string of the molecule is C[C@H]([NH3+])c1nnc(SCc2ccccc2)n1-c1ccc([N+](=O)[O-])cc1. The first-order valence-corrected chi connectivity index (χ1v) is 8.75. The van der Waals surface area contributed by atoms with Crippen molar-refractivity contribution < 1.29 is 10.7 Å². The van der Waals surface area contributed by atoms with Crippen molar-refractivity contribution in [1.29, 1.82) is 0 Å². The molecule has 0 bridgehead atoms. The van der Waals surface area contributed by atoms with Crippen LogP contribution in [0.15, 0.2) is 59.8 Å². The summed E-state index contributed by atoms with van der Waals surface area (Å²) in [6, 6.07) is 16.4. The van der Waals surface area contributed by atoms with Gasteiger partial charge in [0, 0.05) is 17.9 Å². The molecule has 1 atom stereocenters. The van der Waals surface area contributed by atoms with Gasteiger partial charge in [-0.3, -0.25) is 14.7 Å². The largest absolute Gasteiger partial charge is 0.349 e. The Kier molecular flexibility index (Phi) is 5.11. The van der Waals surface area contributed by atoms with Gasteiger partial charge in [-0.2, -0.15) is 0 Å². The second-order valence-electron chi connectivity index (χ2n) is 5.63. The van der Waals surface area contributed by atoms with E-state index in [1.54, 1.807) is 23.9 Å². The maximum Gasteiger partial charge on any atom is 0.269 e. The first kappa shape index (κ1) is 17.1. The summed E-state index contributed by atoms with van der Waals surface area (Å²) in [6.45, 7) is 1.94. The molecule has 8 heteroatoms. The molecule has 3 N–H and O–H groups in total. The van der Waals surface area contributed by atoms with Crippen molar-refractivity contribution in [2.45, 2.75) is 23.9 Å².